The number of fused-ring (bicyclic) bond motifs is 1. The Balaban J connectivity index is 2.12. The molecule has 4 heteroatoms. The Labute approximate surface area is 105 Å². The molecule has 2 aromatic heterocycles. The number of benzene rings is 1. The number of hydrogen-bond donors (Lipinski definition) is 0. The molecule has 0 N–H and O–H groups in total. The summed E-state index contributed by atoms with van der Waals surface area (Å²) in [4.78, 5) is 4.49. The van der Waals surface area contributed by atoms with Gasteiger partial charge in [-0.2, -0.15) is 0 Å². The maximum Gasteiger partial charge on any atom is 0.214 e. The van der Waals surface area contributed by atoms with Crippen LogP contribution in [0.5, 0.6) is 5.75 Å². The van der Waals surface area contributed by atoms with Crippen molar-refractivity contribution in [3.05, 3.63) is 42.4 Å². The van der Waals surface area contributed by atoms with Crippen LogP contribution in [0.1, 0.15) is 5.69 Å². The normalized spacial score (nSPS) is 11.1. The van der Waals surface area contributed by atoms with E-state index in [2.05, 4.69) is 32.3 Å². The van der Waals surface area contributed by atoms with E-state index in [9.17, 15) is 0 Å². The summed E-state index contributed by atoms with van der Waals surface area (Å²) in [6, 6.07) is 8.05. The van der Waals surface area contributed by atoms with Gasteiger partial charge in [0.05, 0.1) is 18.5 Å². The van der Waals surface area contributed by atoms with E-state index in [-0.39, 0.29) is 0 Å². The maximum absolute atomic E-state index is 5.17. The molecule has 0 amide bonds. The third kappa shape index (κ3) is 1.57. The van der Waals surface area contributed by atoms with Crippen molar-refractivity contribution in [2.24, 2.45) is 7.05 Å². The van der Waals surface area contributed by atoms with E-state index in [1.165, 1.54) is 0 Å². The van der Waals surface area contributed by atoms with Gasteiger partial charge in [0.2, 0.25) is 5.78 Å². The zero-order valence-electron chi connectivity index (χ0n) is 10.7. The first kappa shape index (κ1) is 10.9. The van der Waals surface area contributed by atoms with Crippen molar-refractivity contribution >= 4 is 5.78 Å². The number of aryl methyl sites for hydroxylation is 2. The molecule has 3 aromatic rings. The summed E-state index contributed by atoms with van der Waals surface area (Å²) < 4.78 is 9.31. The molecule has 0 aliphatic rings. The van der Waals surface area contributed by atoms with Gasteiger partial charge in [-0.05, 0) is 36.8 Å². The minimum Gasteiger partial charge on any atom is -0.497 e. The monoisotopic (exact) mass is 241 g/mol. The van der Waals surface area contributed by atoms with Crippen LogP contribution in [0.4, 0.5) is 0 Å². The first-order chi connectivity index (χ1) is 8.69. The Bertz CT molecular complexity index is 692. The highest BCUT2D eigenvalue weighted by Gasteiger charge is 2.09. The van der Waals surface area contributed by atoms with Crippen molar-refractivity contribution in [1.82, 2.24) is 14.0 Å². The van der Waals surface area contributed by atoms with Crippen LogP contribution in [0, 0.1) is 6.92 Å². The summed E-state index contributed by atoms with van der Waals surface area (Å²) in [6.07, 6.45) is 4.12. The van der Waals surface area contributed by atoms with Gasteiger partial charge in [0.1, 0.15) is 5.75 Å². The van der Waals surface area contributed by atoms with Crippen molar-refractivity contribution < 1.29 is 4.74 Å². The zero-order chi connectivity index (χ0) is 12.7. The standard InChI is InChI=1S/C14H15N3O/c1-10-8-17-9-13(16(2)14(17)15-10)11-4-6-12(18-3)7-5-11/h4-9H,1-3H3. The number of ether oxygens (including phenoxy) is 1. The fourth-order valence-corrected chi connectivity index (χ4v) is 2.20. The Hall–Kier alpha value is -2.23. The number of nitrogens with zero attached hydrogens (tertiary/aromatic N) is 3. The molecule has 0 unspecified atom stereocenters. The van der Waals surface area contributed by atoms with Crippen LogP contribution in [-0.2, 0) is 7.05 Å². The largest absolute Gasteiger partial charge is 0.497 e. The molecule has 2 heterocycles. The molecule has 0 radical (unpaired) electrons. The highest BCUT2D eigenvalue weighted by molar-refractivity contribution is 5.63. The third-order valence-electron chi connectivity index (χ3n) is 3.14. The second kappa shape index (κ2) is 3.91. The summed E-state index contributed by atoms with van der Waals surface area (Å²) >= 11 is 0. The molecule has 0 fully saturated rings. The Morgan fingerprint density at radius 2 is 1.83 bits per heavy atom. The van der Waals surface area contributed by atoms with Crippen LogP contribution in [0.2, 0.25) is 0 Å². The predicted octanol–water partition coefficient (Wildman–Crippen LogP) is 2.66. The molecule has 3 rings (SSSR count). The van der Waals surface area contributed by atoms with Crippen molar-refractivity contribution in [2.75, 3.05) is 7.11 Å². The van der Waals surface area contributed by atoms with E-state index in [1.54, 1.807) is 7.11 Å². The Kier molecular flexibility index (Phi) is 2.37. The van der Waals surface area contributed by atoms with Crippen molar-refractivity contribution in [1.29, 1.82) is 0 Å². The molecule has 18 heavy (non-hydrogen) atoms. The number of methoxy groups -OCH3 is 1. The van der Waals surface area contributed by atoms with Gasteiger partial charge in [-0.1, -0.05) is 0 Å². The average Bonchev–Trinajstić information content (AvgIpc) is 2.88. The van der Waals surface area contributed by atoms with Crippen LogP contribution in [0.25, 0.3) is 17.0 Å². The Morgan fingerprint density at radius 3 is 2.44 bits per heavy atom. The van der Waals surface area contributed by atoms with Gasteiger partial charge in [0.25, 0.3) is 0 Å². The molecule has 1 aromatic carbocycles. The smallest absolute Gasteiger partial charge is 0.214 e. The predicted molar refractivity (Wildman–Crippen MR) is 70.9 cm³/mol. The molecule has 0 spiro atoms. The van der Waals surface area contributed by atoms with Crippen LogP contribution in [-0.4, -0.2) is 21.1 Å². The van der Waals surface area contributed by atoms with Crippen molar-refractivity contribution in [2.45, 2.75) is 6.92 Å². The molecule has 0 aliphatic carbocycles. The maximum atomic E-state index is 5.17. The fraction of sp³-hybridized carbons (Fsp3) is 0.214. The summed E-state index contributed by atoms with van der Waals surface area (Å²) in [5.41, 5.74) is 3.32. The van der Waals surface area contributed by atoms with Crippen molar-refractivity contribution in [3.63, 3.8) is 0 Å². The SMILES string of the molecule is COc1ccc(-c2cn3cc(C)nc3n2C)cc1. The second-order valence-corrected chi connectivity index (χ2v) is 4.39. The van der Waals surface area contributed by atoms with Gasteiger partial charge in [-0.3, -0.25) is 4.40 Å². The summed E-state index contributed by atoms with van der Waals surface area (Å²) in [7, 11) is 3.70. The van der Waals surface area contributed by atoms with E-state index >= 15 is 0 Å². The van der Waals surface area contributed by atoms with Gasteiger partial charge >= 0.3 is 0 Å². The molecule has 0 aliphatic heterocycles. The lowest BCUT2D eigenvalue weighted by Gasteiger charge is -2.04. The summed E-state index contributed by atoms with van der Waals surface area (Å²) in [5.74, 6) is 1.83. The van der Waals surface area contributed by atoms with Gasteiger partial charge in [-0.15, -0.1) is 0 Å². The van der Waals surface area contributed by atoms with Crippen LogP contribution >= 0.6 is 0 Å². The number of rotatable bonds is 2. The highest BCUT2D eigenvalue weighted by atomic mass is 16.5. The van der Waals surface area contributed by atoms with Gasteiger partial charge in [0, 0.05) is 19.4 Å². The first-order valence-electron chi connectivity index (χ1n) is 5.84. The molecule has 0 atom stereocenters. The highest BCUT2D eigenvalue weighted by Crippen LogP contribution is 2.24. The zero-order valence-corrected chi connectivity index (χ0v) is 10.7. The lowest BCUT2D eigenvalue weighted by Crippen LogP contribution is -1.92. The van der Waals surface area contributed by atoms with Gasteiger partial charge in [0.15, 0.2) is 0 Å². The molecule has 0 saturated carbocycles. The number of imidazole rings is 2. The Morgan fingerprint density at radius 1 is 1.11 bits per heavy atom. The molecular formula is C14H15N3O. The van der Waals surface area contributed by atoms with E-state index < -0.39 is 0 Å². The van der Waals surface area contributed by atoms with Crippen LogP contribution in [0.3, 0.4) is 0 Å². The topological polar surface area (TPSA) is 31.5 Å². The molecule has 0 bridgehead atoms. The number of aromatic nitrogens is 3. The van der Waals surface area contributed by atoms with E-state index in [0.29, 0.717) is 0 Å². The minimum atomic E-state index is 0.869. The van der Waals surface area contributed by atoms with E-state index in [1.807, 2.05) is 32.3 Å². The third-order valence-corrected chi connectivity index (χ3v) is 3.14. The van der Waals surface area contributed by atoms with Crippen LogP contribution in [0.15, 0.2) is 36.7 Å². The van der Waals surface area contributed by atoms with Crippen LogP contribution < -0.4 is 4.74 Å². The first-order valence-corrected chi connectivity index (χ1v) is 5.84. The second-order valence-electron chi connectivity index (χ2n) is 4.39. The van der Waals surface area contributed by atoms with E-state index in [4.69, 9.17) is 4.74 Å². The minimum absolute atomic E-state index is 0.869. The van der Waals surface area contributed by atoms with Gasteiger partial charge in [-0.25, -0.2) is 4.98 Å². The quantitative estimate of drug-likeness (QED) is 0.690. The lowest BCUT2D eigenvalue weighted by atomic mass is 10.1. The molecular weight excluding hydrogens is 226 g/mol. The fourth-order valence-electron chi connectivity index (χ4n) is 2.20. The van der Waals surface area contributed by atoms with Crippen molar-refractivity contribution in [3.8, 4) is 17.0 Å². The summed E-state index contributed by atoms with van der Waals surface area (Å²) in [5, 5.41) is 0. The number of hydrogen-bond acceptors (Lipinski definition) is 2. The molecule has 92 valence electrons. The van der Waals surface area contributed by atoms with Gasteiger partial charge < -0.3 is 9.30 Å². The lowest BCUT2D eigenvalue weighted by molar-refractivity contribution is 0.415. The average molecular weight is 241 g/mol. The molecule has 0 saturated heterocycles. The van der Waals surface area contributed by atoms with E-state index in [0.717, 1.165) is 28.5 Å². The summed E-state index contributed by atoms with van der Waals surface area (Å²) in [6.45, 7) is 2.00. The molecule has 4 nitrogen and oxygen atoms in total.